The Morgan fingerprint density at radius 2 is 2.10 bits per heavy atom. The largest absolute Gasteiger partial charge is 0.503 e. The van der Waals surface area contributed by atoms with Crippen molar-refractivity contribution in [2.24, 2.45) is 0 Å². The number of rotatable bonds is 4. The number of phenolic OH excluding ortho intramolecular Hbond substituents is 1. The van der Waals surface area contributed by atoms with Crippen LogP contribution in [-0.2, 0) is 0 Å². The Hall–Kier alpha value is -2.93. The number of phenols is 1. The van der Waals surface area contributed by atoms with Gasteiger partial charge in [-0.1, -0.05) is 15.9 Å². The van der Waals surface area contributed by atoms with Crippen molar-refractivity contribution >= 4 is 65.8 Å². The van der Waals surface area contributed by atoms with Gasteiger partial charge in [0, 0.05) is 15.2 Å². The average Bonchev–Trinajstić information content (AvgIpc) is 3.23. The van der Waals surface area contributed by atoms with Crippen LogP contribution in [0.1, 0.15) is 10.6 Å². The van der Waals surface area contributed by atoms with Gasteiger partial charge in [0.05, 0.1) is 28.4 Å². The van der Waals surface area contributed by atoms with Crippen LogP contribution in [-0.4, -0.2) is 17.2 Å². The quantitative estimate of drug-likeness (QED) is 0.235. The summed E-state index contributed by atoms with van der Waals surface area (Å²) in [6.45, 7) is 0. The maximum absolute atomic E-state index is 12.5. The maximum Gasteiger partial charge on any atom is 0.345 e. The number of aromatic hydroxyl groups is 1. The third-order valence-corrected chi connectivity index (χ3v) is 6.38. The lowest BCUT2D eigenvalue weighted by Gasteiger charge is -2.06. The van der Waals surface area contributed by atoms with Gasteiger partial charge in [0.15, 0.2) is 11.5 Å². The molecule has 2 aromatic carbocycles. The van der Waals surface area contributed by atoms with E-state index in [1.165, 1.54) is 18.4 Å². The number of aromatic nitrogens is 1. The second-order valence-electron chi connectivity index (χ2n) is 6.39. The Morgan fingerprint density at radius 3 is 2.84 bits per heavy atom. The van der Waals surface area contributed by atoms with Crippen LogP contribution in [0.2, 0.25) is 0 Å². The summed E-state index contributed by atoms with van der Waals surface area (Å²) in [6.07, 6.45) is 1.63. The monoisotopic (exact) mass is 558 g/mol. The number of fused-ring (bicyclic) bond motifs is 1. The molecule has 0 radical (unpaired) electrons. The molecule has 4 aromatic rings. The molecule has 0 saturated carbocycles. The van der Waals surface area contributed by atoms with Gasteiger partial charge in [-0.2, -0.15) is 5.26 Å². The van der Waals surface area contributed by atoms with Crippen molar-refractivity contribution < 1.29 is 14.3 Å². The molecular formula is C22H12Br2N2O4S. The maximum atomic E-state index is 12.5. The van der Waals surface area contributed by atoms with Gasteiger partial charge in [0.2, 0.25) is 0 Å². The first-order chi connectivity index (χ1) is 14.9. The number of nitriles is 1. The van der Waals surface area contributed by atoms with Crippen LogP contribution in [0.25, 0.3) is 33.9 Å². The molecule has 4 rings (SSSR count). The van der Waals surface area contributed by atoms with Crippen LogP contribution in [0.4, 0.5) is 0 Å². The third-order valence-electron chi connectivity index (χ3n) is 4.41. The number of thiazole rings is 1. The molecule has 0 aliphatic carbocycles. The van der Waals surface area contributed by atoms with E-state index in [0.29, 0.717) is 37.5 Å². The lowest BCUT2D eigenvalue weighted by Crippen LogP contribution is -2.02. The van der Waals surface area contributed by atoms with Crippen molar-refractivity contribution in [3.63, 3.8) is 0 Å². The molecule has 0 saturated heterocycles. The smallest absolute Gasteiger partial charge is 0.345 e. The fraction of sp³-hybridized carbons (Fsp3) is 0.0455. The second kappa shape index (κ2) is 8.67. The molecule has 0 atom stereocenters. The average molecular weight is 560 g/mol. The molecule has 9 heteroatoms. The molecule has 0 bridgehead atoms. The van der Waals surface area contributed by atoms with E-state index in [2.05, 4.69) is 42.9 Å². The van der Waals surface area contributed by atoms with E-state index >= 15 is 0 Å². The van der Waals surface area contributed by atoms with Crippen molar-refractivity contribution in [1.82, 2.24) is 4.98 Å². The molecule has 154 valence electrons. The molecule has 6 nitrogen and oxygen atoms in total. The second-order valence-corrected chi connectivity index (χ2v) is 9.02. The molecule has 0 spiro atoms. The van der Waals surface area contributed by atoms with Crippen molar-refractivity contribution in [2.45, 2.75) is 0 Å². The molecule has 2 aromatic heterocycles. The van der Waals surface area contributed by atoms with Crippen LogP contribution >= 0.6 is 43.2 Å². The molecular weight excluding hydrogens is 548 g/mol. The van der Waals surface area contributed by atoms with E-state index in [0.717, 1.165) is 9.86 Å². The Morgan fingerprint density at radius 1 is 1.29 bits per heavy atom. The summed E-state index contributed by atoms with van der Waals surface area (Å²) in [4.78, 5) is 16.9. The van der Waals surface area contributed by atoms with E-state index in [1.807, 2.05) is 6.07 Å². The van der Waals surface area contributed by atoms with Crippen LogP contribution < -0.4 is 10.4 Å². The van der Waals surface area contributed by atoms with Crippen molar-refractivity contribution in [2.75, 3.05) is 7.11 Å². The Bertz CT molecular complexity index is 1450. The normalized spacial score (nSPS) is 11.5. The number of ether oxygens (including phenoxy) is 1. The highest BCUT2D eigenvalue weighted by Gasteiger charge is 2.15. The molecule has 0 fully saturated rings. The van der Waals surface area contributed by atoms with Crippen molar-refractivity contribution in [3.8, 4) is 28.8 Å². The Kier molecular flexibility index (Phi) is 5.96. The minimum Gasteiger partial charge on any atom is -0.503 e. The van der Waals surface area contributed by atoms with E-state index in [9.17, 15) is 15.2 Å². The predicted molar refractivity (Wildman–Crippen MR) is 127 cm³/mol. The van der Waals surface area contributed by atoms with Gasteiger partial charge in [-0.3, -0.25) is 0 Å². The summed E-state index contributed by atoms with van der Waals surface area (Å²) < 4.78 is 11.9. The van der Waals surface area contributed by atoms with E-state index in [4.69, 9.17) is 9.15 Å². The fourth-order valence-electron chi connectivity index (χ4n) is 2.94. The first-order valence-corrected chi connectivity index (χ1v) is 11.2. The molecule has 0 unspecified atom stereocenters. The highest BCUT2D eigenvalue weighted by molar-refractivity contribution is 9.10. The van der Waals surface area contributed by atoms with Gasteiger partial charge in [0.25, 0.3) is 0 Å². The van der Waals surface area contributed by atoms with Crippen LogP contribution in [0.5, 0.6) is 11.5 Å². The Balaban J connectivity index is 1.76. The lowest BCUT2D eigenvalue weighted by molar-refractivity contribution is 0.372. The van der Waals surface area contributed by atoms with Gasteiger partial charge in [0.1, 0.15) is 16.7 Å². The summed E-state index contributed by atoms with van der Waals surface area (Å²) in [5, 5.41) is 22.6. The number of methoxy groups -OCH3 is 1. The van der Waals surface area contributed by atoms with Gasteiger partial charge < -0.3 is 14.3 Å². The highest BCUT2D eigenvalue weighted by Crippen LogP contribution is 2.36. The summed E-state index contributed by atoms with van der Waals surface area (Å²) in [6, 6.07) is 12.5. The standard InChI is InChI=1S/C22H12Br2N2O4S/c1-29-19-6-11(5-16(24)20(19)27)4-13(9-25)21-26-17(10-31-21)15-8-12-7-14(23)2-3-18(12)30-22(15)28/h2-8,10,27H,1H3. The molecule has 0 amide bonds. The van der Waals surface area contributed by atoms with Gasteiger partial charge in [-0.05, 0) is 64.0 Å². The zero-order chi connectivity index (χ0) is 22.1. The molecule has 0 aliphatic heterocycles. The molecule has 31 heavy (non-hydrogen) atoms. The number of nitrogens with zero attached hydrogens (tertiary/aromatic N) is 2. The first kappa shape index (κ1) is 21.3. The van der Waals surface area contributed by atoms with E-state index in [-0.39, 0.29) is 11.5 Å². The topological polar surface area (TPSA) is 96.4 Å². The minimum atomic E-state index is -0.499. The molecule has 0 aliphatic rings. The summed E-state index contributed by atoms with van der Waals surface area (Å²) in [5.41, 5.74) is 1.69. The van der Waals surface area contributed by atoms with E-state index in [1.54, 1.807) is 41.8 Å². The zero-order valence-corrected chi connectivity index (χ0v) is 19.8. The lowest BCUT2D eigenvalue weighted by atomic mass is 10.1. The third kappa shape index (κ3) is 4.28. The van der Waals surface area contributed by atoms with Gasteiger partial charge in [-0.25, -0.2) is 9.78 Å². The van der Waals surface area contributed by atoms with Crippen molar-refractivity contribution in [3.05, 3.63) is 71.7 Å². The van der Waals surface area contributed by atoms with Crippen LogP contribution in [0.3, 0.4) is 0 Å². The number of hydrogen-bond donors (Lipinski definition) is 1. The predicted octanol–water partition coefficient (Wildman–Crippen LogP) is 6.22. The fourth-order valence-corrected chi connectivity index (χ4v) is 4.56. The van der Waals surface area contributed by atoms with Crippen molar-refractivity contribution in [1.29, 1.82) is 5.26 Å². The summed E-state index contributed by atoms with van der Waals surface area (Å²) in [5.74, 6) is 0.252. The van der Waals surface area contributed by atoms with Gasteiger partial charge >= 0.3 is 5.63 Å². The number of benzene rings is 2. The SMILES string of the molecule is COc1cc(C=C(C#N)c2nc(-c3cc4cc(Br)ccc4oc3=O)cs2)cc(Br)c1O. The highest BCUT2D eigenvalue weighted by atomic mass is 79.9. The number of hydrogen-bond acceptors (Lipinski definition) is 7. The first-order valence-electron chi connectivity index (χ1n) is 8.77. The van der Waals surface area contributed by atoms with E-state index < -0.39 is 5.63 Å². The number of allylic oxidation sites excluding steroid dienone is 1. The summed E-state index contributed by atoms with van der Waals surface area (Å²) >= 11 is 7.93. The molecule has 2 heterocycles. The van der Waals surface area contributed by atoms with Gasteiger partial charge in [-0.15, -0.1) is 11.3 Å². The molecule has 1 N–H and O–H groups in total. The number of halogens is 2. The minimum absolute atomic E-state index is 0.0237. The Labute approximate surface area is 197 Å². The summed E-state index contributed by atoms with van der Waals surface area (Å²) in [7, 11) is 1.45. The van der Waals surface area contributed by atoms with Crippen LogP contribution in [0, 0.1) is 11.3 Å². The van der Waals surface area contributed by atoms with Crippen LogP contribution in [0.15, 0.2) is 59.9 Å². The zero-order valence-electron chi connectivity index (χ0n) is 15.8.